The average Bonchev–Trinajstić information content (AvgIpc) is 3.37. The molecule has 2 aromatic heterocycles. The first-order valence-corrected chi connectivity index (χ1v) is 13.3. The minimum absolute atomic E-state index is 0.0523. The SMILES string of the molecule is CC(C)[C@]1(C(=O)N2CCN(c3cc(C(F)(F)F)ccn3)CC2)CC[C@@H](NCc2ccc3c(n2)OCC(=O)N3)C1. The van der Waals surface area contributed by atoms with Crippen LogP contribution in [0.5, 0.6) is 5.88 Å². The fourth-order valence-corrected chi connectivity index (χ4v) is 5.79. The van der Waals surface area contributed by atoms with Crippen LogP contribution >= 0.6 is 0 Å². The number of hydrogen-bond acceptors (Lipinski definition) is 7. The third-order valence-electron chi connectivity index (χ3n) is 8.15. The van der Waals surface area contributed by atoms with Crippen LogP contribution in [0.4, 0.5) is 24.7 Å². The molecule has 3 aliphatic rings. The lowest BCUT2D eigenvalue weighted by molar-refractivity contribution is -0.145. The molecule has 4 heterocycles. The van der Waals surface area contributed by atoms with Crippen molar-refractivity contribution in [3.8, 4) is 5.88 Å². The largest absolute Gasteiger partial charge is 0.466 e. The number of nitrogens with one attached hydrogen (secondary N) is 2. The first-order valence-electron chi connectivity index (χ1n) is 13.3. The summed E-state index contributed by atoms with van der Waals surface area (Å²) in [5, 5.41) is 6.27. The molecule has 2 N–H and O–H groups in total. The Hall–Kier alpha value is -3.41. The number of carbonyl (C=O) groups excluding carboxylic acids is 2. The Kier molecular flexibility index (Phi) is 7.41. The van der Waals surface area contributed by atoms with Crippen LogP contribution in [0.2, 0.25) is 0 Å². The van der Waals surface area contributed by atoms with E-state index in [0.29, 0.717) is 50.7 Å². The summed E-state index contributed by atoms with van der Waals surface area (Å²) in [6, 6.07) is 5.80. The van der Waals surface area contributed by atoms with Gasteiger partial charge in [-0.25, -0.2) is 9.97 Å². The maximum absolute atomic E-state index is 13.9. The van der Waals surface area contributed by atoms with E-state index in [1.165, 1.54) is 6.20 Å². The van der Waals surface area contributed by atoms with Gasteiger partial charge in [0.25, 0.3) is 5.91 Å². The van der Waals surface area contributed by atoms with Gasteiger partial charge in [0.2, 0.25) is 11.8 Å². The number of nitrogens with zero attached hydrogens (tertiary/aromatic N) is 4. The summed E-state index contributed by atoms with van der Waals surface area (Å²) in [5.74, 6) is 0.744. The van der Waals surface area contributed by atoms with Crippen LogP contribution in [0.3, 0.4) is 0 Å². The Morgan fingerprint density at radius 1 is 1.23 bits per heavy atom. The average molecular weight is 547 g/mol. The highest BCUT2D eigenvalue weighted by molar-refractivity contribution is 5.94. The maximum atomic E-state index is 13.9. The second kappa shape index (κ2) is 10.6. The zero-order valence-corrected chi connectivity index (χ0v) is 22.1. The number of amides is 2. The minimum atomic E-state index is -4.42. The van der Waals surface area contributed by atoms with Gasteiger partial charge in [-0.1, -0.05) is 13.8 Å². The summed E-state index contributed by atoms with van der Waals surface area (Å²) in [6.07, 6.45) is -0.914. The fourth-order valence-electron chi connectivity index (χ4n) is 5.79. The van der Waals surface area contributed by atoms with Crippen molar-refractivity contribution < 1.29 is 27.5 Å². The molecule has 12 heteroatoms. The molecule has 0 radical (unpaired) electrons. The van der Waals surface area contributed by atoms with Gasteiger partial charge < -0.3 is 25.2 Å². The molecular weight excluding hydrogens is 513 g/mol. The summed E-state index contributed by atoms with van der Waals surface area (Å²) in [4.78, 5) is 37.6. The van der Waals surface area contributed by atoms with E-state index in [9.17, 15) is 22.8 Å². The molecule has 2 aliphatic heterocycles. The second-order valence-corrected chi connectivity index (χ2v) is 10.8. The molecular formula is C27H33F3N6O3. The quantitative estimate of drug-likeness (QED) is 0.573. The zero-order valence-electron chi connectivity index (χ0n) is 22.1. The minimum Gasteiger partial charge on any atom is -0.466 e. The first-order chi connectivity index (χ1) is 18.5. The number of anilines is 2. The molecule has 2 fully saturated rings. The van der Waals surface area contributed by atoms with Crippen molar-refractivity contribution in [3.05, 3.63) is 41.7 Å². The van der Waals surface area contributed by atoms with Crippen molar-refractivity contribution in [2.75, 3.05) is 43.0 Å². The fraction of sp³-hybridized carbons (Fsp3) is 0.556. The van der Waals surface area contributed by atoms with Gasteiger partial charge in [0.1, 0.15) is 11.5 Å². The van der Waals surface area contributed by atoms with Crippen molar-refractivity contribution in [2.45, 2.75) is 51.9 Å². The highest BCUT2D eigenvalue weighted by Gasteiger charge is 2.49. The van der Waals surface area contributed by atoms with Gasteiger partial charge >= 0.3 is 6.18 Å². The monoisotopic (exact) mass is 546 g/mol. The van der Waals surface area contributed by atoms with Gasteiger partial charge in [-0.05, 0) is 49.4 Å². The van der Waals surface area contributed by atoms with Crippen LogP contribution < -0.4 is 20.3 Å². The molecule has 1 saturated heterocycles. The lowest BCUT2D eigenvalue weighted by Gasteiger charge is -2.42. The second-order valence-electron chi connectivity index (χ2n) is 10.8. The van der Waals surface area contributed by atoms with E-state index in [0.717, 1.165) is 30.7 Å². The van der Waals surface area contributed by atoms with Crippen LogP contribution in [0.25, 0.3) is 0 Å². The zero-order chi connectivity index (χ0) is 27.8. The van der Waals surface area contributed by atoms with Crippen molar-refractivity contribution in [3.63, 3.8) is 0 Å². The summed E-state index contributed by atoms with van der Waals surface area (Å²) in [7, 11) is 0. The standard InChI is InChI=1S/C27H33F3N6O3/c1-17(2)26(7-5-19(14-26)32-15-20-3-4-21-24(33-20)39-16-23(37)34-21)25(38)36-11-9-35(10-12-36)22-13-18(6-8-31-22)27(28,29)30/h3-4,6,8,13,17,19,32H,5,7,9-12,14-16H2,1-2H3,(H,34,37)/t19-,26+/m1/s1. The first kappa shape index (κ1) is 27.2. The summed E-state index contributed by atoms with van der Waals surface area (Å²) in [5.41, 5.74) is 0.131. The van der Waals surface area contributed by atoms with E-state index in [1.54, 1.807) is 11.0 Å². The lowest BCUT2D eigenvalue weighted by Crippen LogP contribution is -2.54. The molecule has 9 nitrogen and oxygen atoms in total. The van der Waals surface area contributed by atoms with Crippen LogP contribution in [0.15, 0.2) is 30.5 Å². The van der Waals surface area contributed by atoms with Crippen molar-refractivity contribution in [1.82, 2.24) is 20.2 Å². The Morgan fingerprint density at radius 3 is 2.72 bits per heavy atom. The van der Waals surface area contributed by atoms with Crippen LogP contribution in [0, 0.1) is 11.3 Å². The number of hydrogen-bond donors (Lipinski definition) is 2. The maximum Gasteiger partial charge on any atom is 0.416 e. The molecule has 0 unspecified atom stereocenters. The molecule has 0 aromatic carbocycles. The Morgan fingerprint density at radius 2 is 2.00 bits per heavy atom. The normalized spacial score (nSPS) is 23.4. The van der Waals surface area contributed by atoms with Gasteiger partial charge in [0.05, 0.1) is 16.7 Å². The number of carbonyl (C=O) groups is 2. The van der Waals surface area contributed by atoms with E-state index in [2.05, 4.69) is 34.4 Å². The summed E-state index contributed by atoms with van der Waals surface area (Å²) in [6.45, 7) is 6.38. The van der Waals surface area contributed by atoms with Crippen LogP contribution in [-0.2, 0) is 22.3 Å². The molecule has 39 heavy (non-hydrogen) atoms. The number of halogens is 3. The number of piperazine rings is 1. The predicted molar refractivity (Wildman–Crippen MR) is 138 cm³/mol. The number of ether oxygens (including phenoxy) is 1. The Labute approximate surface area is 225 Å². The van der Waals surface area contributed by atoms with Gasteiger partial charge in [0, 0.05) is 45.0 Å². The molecule has 0 bridgehead atoms. The third-order valence-corrected chi connectivity index (χ3v) is 8.15. The predicted octanol–water partition coefficient (Wildman–Crippen LogP) is 3.46. The third kappa shape index (κ3) is 5.66. The topological polar surface area (TPSA) is 99.7 Å². The number of fused-ring (bicyclic) bond motifs is 1. The lowest BCUT2D eigenvalue weighted by atomic mass is 9.74. The number of aromatic nitrogens is 2. The van der Waals surface area contributed by atoms with Crippen LogP contribution in [-0.4, -0.2) is 65.5 Å². The number of pyridine rings is 2. The van der Waals surface area contributed by atoms with Crippen LogP contribution in [0.1, 0.15) is 44.4 Å². The summed E-state index contributed by atoms with van der Waals surface area (Å²) < 4.78 is 44.8. The smallest absolute Gasteiger partial charge is 0.416 e. The Bertz CT molecular complexity index is 1230. The molecule has 5 rings (SSSR count). The molecule has 2 aromatic rings. The highest BCUT2D eigenvalue weighted by Crippen LogP contribution is 2.46. The molecule has 210 valence electrons. The number of alkyl halides is 3. The van der Waals surface area contributed by atoms with E-state index in [4.69, 9.17) is 4.74 Å². The van der Waals surface area contributed by atoms with Crippen molar-refractivity contribution >= 4 is 23.3 Å². The van der Waals surface area contributed by atoms with Crippen molar-refractivity contribution in [2.24, 2.45) is 11.3 Å². The van der Waals surface area contributed by atoms with Gasteiger partial charge in [-0.3, -0.25) is 9.59 Å². The molecule has 2 amide bonds. The van der Waals surface area contributed by atoms with Gasteiger partial charge in [-0.2, -0.15) is 13.2 Å². The molecule has 2 atom stereocenters. The molecule has 0 spiro atoms. The van der Waals surface area contributed by atoms with Crippen molar-refractivity contribution in [1.29, 1.82) is 0 Å². The van der Waals surface area contributed by atoms with E-state index < -0.39 is 17.2 Å². The molecule has 1 saturated carbocycles. The highest BCUT2D eigenvalue weighted by atomic mass is 19.4. The van der Waals surface area contributed by atoms with Gasteiger partial charge in [0.15, 0.2) is 6.61 Å². The summed E-state index contributed by atoms with van der Waals surface area (Å²) >= 11 is 0. The van der Waals surface area contributed by atoms with E-state index in [1.807, 2.05) is 11.0 Å². The Balaban J connectivity index is 1.18. The van der Waals surface area contributed by atoms with Gasteiger partial charge in [-0.15, -0.1) is 0 Å². The van der Waals surface area contributed by atoms with E-state index in [-0.39, 0.29) is 36.2 Å². The molecule has 1 aliphatic carbocycles. The van der Waals surface area contributed by atoms with E-state index >= 15 is 0 Å². The number of rotatable bonds is 6.